The van der Waals surface area contributed by atoms with Gasteiger partial charge in [0.25, 0.3) is 0 Å². The Morgan fingerprint density at radius 1 is 0.640 bits per heavy atom. The summed E-state index contributed by atoms with van der Waals surface area (Å²) in [5, 5.41) is 10.7. The molecule has 5 heteroatoms. The molecule has 3 aromatic carbocycles. The van der Waals surface area contributed by atoms with Gasteiger partial charge in [-0.15, -0.1) is 15.3 Å². The normalized spacial score (nSPS) is 13.7. The van der Waals surface area contributed by atoms with E-state index in [2.05, 4.69) is 26.1 Å². The molecule has 0 radical (unpaired) electrons. The van der Waals surface area contributed by atoms with Crippen molar-refractivity contribution in [3.63, 3.8) is 0 Å². The molecule has 4 rings (SSSR count). The van der Waals surface area contributed by atoms with Crippen LogP contribution in [0, 0.1) is 0 Å². The zero-order chi connectivity index (χ0) is 17.1. The van der Waals surface area contributed by atoms with E-state index in [-0.39, 0.29) is 0 Å². The maximum atomic E-state index is 5.98. The number of rotatable bonds is 3. The molecule has 1 aliphatic heterocycles. The Morgan fingerprint density at radius 3 is 1.60 bits per heavy atom. The Bertz CT molecular complexity index is 867. The molecule has 0 amide bonds. The second-order valence-electron chi connectivity index (χ2n) is 5.41. The van der Waals surface area contributed by atoms with Crippen molar-refractivity contribution in [1.29, 1.82) is 0 Å². The molecule has 0 N–H and O–H groups in total. The van der Waals surface area contributed by atoms with Gasteiger partial charge in [0.1, 0.15) is 0 Å². The lowest BCUT2D eigenvalue weighted by atomic mass is 10.2. The van der Waals surface area contributed by atoms with Crippen LogP contribution in [0.3, 0.4) is 0 Å². The van der Waals surface area contributed by atoms with Crippen molar-refractivity contribution >= 4 is 33.4 Å². The molecule has 0 bridgehead atoms. The molecule has 122 valence electrons. The van der Waals surface area contributed by atoms with Gasteiger partial charge in [0.05, 0.1) is 5.69 Å². The van der Waals surface area contributed by atoms with Gasteiger partial charge >= 0.3 is 0 Å². The van der Waals surface area contributed by atoms with Crippen LogP contribution in [-0.4, -0.2) is 11.8 Å². The van der Waals surface area contributed by atoms with Crippen molar-refractivity contribution in [2.45, 2.75) is 0 Å². The average Bonchev–Trinajstić information content (AvgIpc) is 2.69. The highest BCUT2D eigenvalue weighted by atomic mass is 79.9. The first-order chi connectivity index (χ1) is 12.3. The van der Waals surface area contributed by atoms with Gasteiger partial charge in [0.15, 0.2) is 0 Å². The van der Waals surface area contributed by atoms with Crippen molar-refractivity contribution in [3.8, 4) is 0 Å². The van der Waals surface area contributed by atoms with Gasteiger partial charge < -0.3 is 4.74 Å². The van der Waals surface area contributed by atoms with Crippen LogP contribution in [0.4, 0.5) is 5.69 Å². The minimum Gasteiger partial charge on any atom is -0.416 e. The molecule has 0 aromatic heterocycles. The predicted molar refractivity (Wildman–Crippen MR) is 104 cm³/mol. The Hall–Kier alpha value is -2.92. The van der Waals surface area contributed by atoms with E-state index in [1.807, 2.05) is 84.9 Å². The van der Waals surface area contributed by atoms with Gasteiger partial charge in [-0.1, -0.05) is 52.3 Å². The third-order valence-electron chi connectivity index (χ3n) is 3.66. The van der Waals surface area contributed by atoms with Gasteiger partial charge in [-0.3, -0.25) is 0 Å². The molecular formula is C20H14BrN3O. The van der Waals surface area contributed by atoms with Crippen molar-refractivity contribution in [3.05, 3.63) is 101 Å². The molecule has 25 heavy (non-hydrogen) atoms. The first-order valence-electron chi connectivity index (χ1n) is 7.81. The zero-order valence-corrected chi connectivity index (χ0v) is 14.8. The van der Waals surface area contributed by atoms with Crippen LogP contribution in [-0.2, 0) is 4.74 Å². The summed E-state index contributed by atoms with van der Waals surface area (Å²) >= 11 is 3.45. The Morgan fingerprint density at radius 2 is 1.12 bits per heavy atom. The SMILES string of the molecule is Brc1ccc(N2N=C(c3ccccc3)OC(c3ccccc3)=N2)cc1. The highest BCUT2D eigenvalue weighted by Crippen LogP contribution is 2.23. The Kier molecular flexibility index (Phi) is 4.31. The highest BCUT2D eigenvalue weighted by molar-refractivity contribution is 9.10. The van der Waals surface area contributed by atoms with Crippen molar-refractivity contribution in [1.82, 2.24) is 0 Å². The van der Waals surface area contributed by atoms with E-state index >= 15 is 0 Å². The maximum Gasteiger partial charge on any atom is 0.248 e. The lowest BCUT2D eigenvalue weighted by Gasteiger charge is -2.22. The number of benzene rings is 3. The van der Waals surface area contributed by atoms with E-state index in [1.54, 1.807) is 5.12 Å². The molecule has 0 spiro atoms. The zero-order valence-electron chi connectivity index (χ0n) is 13.2. The van der Waals surface area contributed by atoms with E-state index < -0.39 is 0 Å². The summed E-state index contributed by atoms with van der Waals surface area (Å²) in [5.74, 6) is 1.02. The average molecular weight is 392 g/mol. The summed E-state index contributed by atoms with van der Waals surface area (Å²) in [7, 11) is 0. The van der Waals surface area contributed by atoms with E-state index in [0.717, 1.165) is 21.3 Å². The predicted octanol–water partition coefficient (Wildman–Crippen LogP) is 5.01. The lowest BCUT2D eigenvalue weighted by molar-refractivity contribution is 0.519. The molecule has 1 aliphatic rings. The van der Waals surface area contributed by atoms with Crippen molar-refractivity contribution in [2.75, 3.05) is 5.12 Å². The monoisotopic (exact) mass is 391 g/mol. The van der Waals surface area contributed by atoms with Crippen LogP contribution in [0.15, 0.2) is 99.6 Å². The smallest absolute Gasteiger partial charge is 0.248 e. The molecule has 0 aliphatic carbocycles. The quantitative estimate of drug-likeness (QED) is 0.629. The van der Waals surface area contributed by atoms with Crippen LogP contribution in [0.2, 0.25) is 0 Å². The largest absolute Gasteiger partial charge is 0.416 e. The van der Waals surface area contributed by atoms with Gasteiger partial charge in [0, 0.05) is 15.6 Å². The van der Waals surface area contributed by atoms with Crippen molar-refractivity contribution in [2.24, 2.45) is 10.2 Å². The first-order valence-corrected chi connectivity index (χ1v) is 8.60. The summed E-state index contributed by atoms with van der Waals surface area (Å²) in [6.07, 6.45) is 0. The number of halogens is 1. The Balaban J connectivity index is 1.78. The van der Waals surface area contributed by atoms with E-state index in [0.29, 0.717) is 11.8 Å². The summed E-state index contributed by atoms with van der Waals surface area (Å²) in [6, 6.07) is 27.4. The third kappa shape index (κ3) is 3.46. The lowest BCUT2D eigenvalue weighted by Crippen LogP contribution is -2.27. The number of hydrogen-bond acceptors (Lipinski definition) is 4. The van der Waals surface area contributed by atoms with Gasteiger partial charge in [-0.25, -0.2) is 0 Å². The summed E-state index contributed by atoms with van der Waals surface area (Å²) in [5.41, 5.74) is 2.65. The Labute approximate surface area is 154 Å². The summed E-state index contributed by atoms with van der Waals surface area (Å²) in [6.45, 7) is 0. The molecule has 0 fully saturated rings. The maximum absolute atomic E-state index is 5.98. The topological polar surface area (TPSA) is 37.2 Å². The van der Waals surface area contributed by atoms with E-state index in [1.165, 1.54) is 0 Å². The second kappa shape index (κ2) is 6.91. The second-order valence-corrected chi connectivity index (χ2v) is 6.33. The van der Waals surface area contributed by atoms with Crippen molar-refractivity contribution < 1.29 is 4.74 Å². The van der Waals surface area contributed by atoms with Gasteiger partial charge in [-0.2, -0.15) is 0 Å². The number of hydrogen-bond donors (Lipinski definition) is 0. The minimum atomic E-state index is 0.511. The van der Waals surface area contributed by atoms with Crippen LogP contribution in [0.5, 0.6) is 0 Å². The molecule has 0 unspecified atom stereocenters. The molecule has 3 aromatic rings. The summed E-state index contributed by atoms with van der Waals surface area (Å²) in [4.78, 5) is 0. The van der Waals surface area contributed by atoms with Gasteiger partial charge in [-0.05, 0) is 48.5 Å². The fourth-order valence-electron chi connectivity index (χ4n) is 2.41. The first kappa shape index (κ1) is 15.6. The van der Waals surface area contributed by atoms with Gasteiger partial charge in [0.2, 0.25) is 11.8 Å². The highest BCUT2D eigenvalue weighted by Gasteiger charge is 2.20. The fourth-order valence-corrected chi connectivity index (χ4v) is 2.68. The van der Waals surface area contributed by atoms with E-state index in [4.69, 9.17) is 4.74 Å². The molecule has 4 nitrogen and oxygen atoms in total. The van der Waals surface area contributed by atoms with Crippen LogP contribution in [0.25, 0.3) is 0 Å². The molecular weight excluding hydrogens is 378 g/mol. The van der Waals surface area contributed by atoms with Crippen LogP contribution < -0.4 is 5.12 Å². The third-order valence-corrected chi connectivity index (χ3v) is 4.19. The number of nitrogens with zero attached hydrogens (tertiary/aromatic N) is 3. The fraction of sp³-hybridized carbons (Fsp3) is 0. The number of ether oxygens (including phenoxy) is 1. The molecule has 0 saturated carbocycles. The molecule has 0 saturated heterocycles. The molecule has 1 heterocycles. The standard InChI is InChI=1S/C20H14BrN3O/c21-17-11-13-18(14-12-17)24-22-19(15-7-3-1-4-8-15)25-20(23-24)16-9-5-2-6-10-16/h1-14H. The minimum absolute atomic E-state index is 0.511. The van der Waals surface area contributed by atoms with E-state index in [9.17, 15) is 0 Å². The van der Waals surface area contributed by atoms with Crippen LogP contribution in [0.1, 0.15) is 11.1 Å². The number of hydrazone groups is 2. The summed E-state index contributed by atoms with van der Waals surface area (Å²) < 4.78 is 6.99. The van der Waals surface area contributed by atoms with Crippen LogP contribution >= 0.6 is 15.9 Å². The number of anilines is 1. The molecule has 0 atom stereocenters.